The predicted molar refractivity (Wildman–Crippen MR) is 166 cm³/mol. The zero-order chi connectivity index (χ0) is 29.0. The Kier molecular flexibility index (Phi) is 6.82. The summed E-state index contributed by atoms with van der Waals surface area (Å²) < 4.78 is 18.2. The first-order valence-electron chi connectivity index (χ1n) is 14.9. The van der Waals surface area contributed by atoms with E-state index in [1.165, 1.54) is 38.1 Å². The largest absolute Gasteiger partial charge is 0.383 e. The van der Waals surface area contributed by atoms with Crippen molar-refractivity contribution in [3.8, 4) is 11.1 Å². The standard InChI is InChI=1S/C32H38FN9/c1-20-16-22(33)17-27-29(20)40(3)32(38-27)37-23-6-4-21(5-7-23)26-18-42(31-28(26)30(34)35-19-36-31)25-10-8-24(9-11-25)41-14-12-39(2)13-15-41/h4-7,16-19,24-25H,8-15H2,1-3H3,(H,37,38)(H2,34,35,36)/t24-,25-. The van der Waals surface area contributed by atoms with Crippen LogP contribution in [0.1, 0.15) is 37.3 Å². The van der Waals surface area contributed by atoms with Crippen LogP contribution in [0, 0.1) is 12.7 Å². The summed E-state index contributed by atoms with van der Waals surface area (Å²) in [6.07, 6.45) is 8.48. The highest BCUT2D eigenvalue weighted by atomic mass is 19.1. The summed E-state index contributed by atoms with van der Waals surface area (Å²) in [5, 5.41) is 4.30. The first-order valence-corrected chi connectivity index (χ1v) is 14.9. The molecule has 1 aliphatic heterocycles. The lowest BCUT2D eigenvalue weighted by molar-refractivity contribution is 0.0828. The minimum absolute atomic E-state index is 0.278. The number of anilines is 3. The highest BCUT2D eigenvalue weighted by Gasteiger charge is 2.30. The zero-order valence-corrected chi connectivity index (χ0v) is 24.5. The van der Waals surface area contributed by atoms with Gasteiger partial charge >= 0.3 is 0 Å². The number of nitrogens with zero attached hydrogens (tertiary/aromatic N) is 7. The number of piperazine rings is 1. The minimum atomic E-state index is -0.278. The Morgan fingerprint density at radius 3 is 2.38 bits per heavy atom. The van der Waals surface area contributed by atoms with E-state index in [0.717, 1.165) is 64.9 Å². The van der Waals surface area contributed by atoms with Crippen molar-refractivity contribution in [2.45, 2.75) is 44.7 Å². The molecule has 7 rings (SSSR count). The number of aryl methyl sites for hydroxylation is 2. The molecule has 0 atom stereocenters. The van der Waals surface area contributed by atoms with Crippen molar-refractivity contribution in [2.24, 2.45) is 7.05 Å². The van der Waals surface area contributed by atoms with Crippen molar-refractivity contribution in [1.29, 1.82) is 0 Å². The number of aromatic nitrogens is 5. The summed E-state index contributed by atoms with van der Waals surface area (Å²) in [5.74, 6) is 0.886. The summed E-state index contributed by atoms with van der Waals surface area (Å²) in [5.41, 5.74) is 12.8. The Hall–Kier alpha value is -4.02. The highest BCUT2D eigenvalue weighted by Crippen LogP contribution is 2.39. The summed E-state index contributed by atoms with van der Waals surface area (Å²) in [6.45, 7) is 6.57. The third-order valence-corrected chi connectivity index (χ3v) is 9.33. The number of imidazole rings is 1. The second-order valence-electron chi connectivity index (χ2n) is 12.0. The van der Waals surface area contributed by atoms with Crippen LogP contribution in [0.25, 0.3) is 33.2 Å². The third kappa shape index (κ3) is 4.78. The first-order chi connectivity index (χ1) is 20.4. The second kappa shape index (κ2) is 10.7. The van der Waals surface area contributed by atoms with E-state index in [2.05, 4.69) is 55.0 Å². The fraction of sp³-hybridized carbons (Fsp3) is 0.406. The summed E-state index contributed by atoms with van der Waals surface area (Å²) >= 11 is 0. The lowest BCUT2D eigenvalue weighted by Gasteiger charge is -2.41. The molecule has 218 valence electrons. The molecule has 9 nitrogen and oxygen atoms in total. The van der Waals surface area contributed by atoms with Crippen LogP contribution in [0.5, 0.6) is 0 Å². The molecular formula is C32H38FN9. The fourth-order valence-electron chi connectivity index (χ4n) is 7.00. The molecule has 3 N–H and O–H groups in total. The van der Waals surface area contributed by atoms with Crippen LogP contribution in [-0.2, 0) is 7.05 Å². The maximum absolute atomic E-state index is 13.9. The lowest BCUT2D eigenvalue weighted by atomic mass is 9.89. The number of benzene rings is 2. The van der Waals surface area contributed by atoms with Crippen LogP contribution in [0.4, 0.5) is 21.8 Å². The number of hydrogen-bond acceptors (Lipinski definition) is 7. The average molecular weight is 568 g/mol. The summed E-state index contributed by atoms with van der Waals surface area (Å²) in [4.78, 5) is 18.8. The van der Waals surface area contributed by atoms with Gasteiger partial charge in [0.15, 0.2) is 0 Å². The molecule has 5 aromatic rings. The van der Waals surface area contributed by atoms with Gasteiger partial charge in [0.25, 0.3) is 0 Å². The normalized spacial score (nSPS) is 20.5. The maximum atomic E-state index is 13.9. The Morgan fingerprint density at radius 1 is 0.929 bits per heavy atom. The van der Waals surface area contributed by atoms with Gasteiger partial charge in [0.1, 0.15) is 23.6 Å². The van der Waals surface area contributed by atoms with E-state index in [1.54, 1.807) is 6.33 Å². The average Bonchev–Trinajstić information content (AvgIpc) is 3.52. The smallest absolute Gasteiger partial charge is 0.208 e. The van der Waals surface area contributed by atoms with Gasteiger partial charge in [-0.15, -0.1) is 0 Å². The number of nitrogen functional groups attached to an aromatic ring is 1. The molecule has 0 spiro atoms. The molecule has 1 saturated heterocycles. The van der Waals surface area contributed by atoms with Gasteiger partial charge in [-0.1, -0.05) is 12.1 Å². The molecule has 0 unspecified atom stereocenters. The monoisotopic (exact) mass is 567 g/mol. The van der Waals surface area contributed by atoms with E-state index in [0.29, 0.717) is 29.4 Å². The van der Waals surface area contributed by atoms with Crippen molar-refractivity contribution >= 4 is 39.5 Å². The first kappa shape index (κ1) is 26.9. The number of hydrogen-bond donors (Lipinski definition) is 2. The van der Waals surface area contributed by atoms with E-state index in [1.807, 2.05) is 30.7 Å². The molecule has 42 heavy (non-hydrogen) atoms. The van der Waals surface area contributed by atoms with Crippen LogP contribution in [-0.4, -0.2) is 73.2 Å². The molecule has 1 saturated carbocycles. The van der Waals surface area contributed by atoms with E-state index < -0.39 is 0 Å². The Morgan fingerprint density at radius 2 is 1.64 bits per heavy atom. The molecule has 0 bridgehead atoms. The zero-order valence-electron chi connectivity index (χ0n) is 24.5. The van der Waals surface area contributed by atoms with Crippen LogP contribution in [0.15, 0.2) is 48.9 Å². The van der Waals surface area contributed by atoms with Gasteiger partial charge in [-0.05, 0) is 69.0 Å². The van der Waals surface area contributed by atoms with Gasteiger partial charge in [0.2, 0.25) is 5.95 Å². The molecular weight excluding hydrogens is 529 g/mol. The Balaban J connectivity index is 1.13. The number of halogens is 1. The van der Waals surface area contributed by atoms with Crippen LogP contribution >= 0.6 is 0 Å². The minimum Gasteiger partial charge on any atom is -0.383 e. The molecule has 2 fully saturated rings. The Bertz CT molecular complexity index is 1740. The van der Waals surface area contributed by atoms with E-state index in [9.17, 15) is 4.39 Å². The predicted octanol–water partition coefficient (Wildman–Crippen LogP) is 5.49. The number of rotatable bonds is 5. The lowest BCUT2D eigenvalue weighted by Crippen LogP contribution is -2.49. The number of nitrogens with two attached hydrogens (primary N) is 1. The van der Waals surface area contributed by atoms with Crippen molar-refractivity contribution in [1.82, 2.24) is 33.9 Å². The van der Waals surface area contributed by atoms with E-state index >= 15 is 0 Å². The molecule has 4 heterocycles. The number of nitrogens with one attached hydrogen (secondary N) is 1. The highest BCUT2D eigenvalue weighted by molar-refractivity contribution is 6.00. The van der Waals surface area contributed by atoms with Crippen molar-refractivity contribution in [2.75, 3.05) is 44.3 Å². The van der Waals surface area contributed by atoms with Crippen molar-refractivity contribution in [3.63, 3.8) is 0 Å². The fourth-order valence-corrected chi connectivity index (χ4v) is 7.00. The van der Waals surface area contributed by atoms with E-state index in [4.69, 9.17) is 10.7 Å². The summed E-state index contributed by atoms with van der Waals surface area (Å²) in [7, 11) is 4.15. The van der Waals surface area contributed by atoms with Crippen LogP contribution in [0.3, 0.4) is 0 Å². The van der Waals surface area contributed by atoms with E-state index in [-0.39, 0.29) is 5.82 Å². The topological polar surface area (TPSA) is 93.1 Å². The van der Waals surface area contributed by atoms with Crippen molar-refractivity contribution < 1.29 is 4.39 Å². The van der Waals surface area contributed by atoms with Gasteiger partial charge in [-0.25, -0.2) is 19.3 Å². The van der Waals surface area contributed by atoms with Crippen molar-refractivity contribution in [3.05, 3.63) is 60.3 Å². The molecule has 0 amide bonds. The Labute approximate surface area is 245 Å². The van der Waals surface area contributed by atoms with Crippen LogP contribution < -0.4 is 11.1 Å². The maximum Gasteiger partial charge on any atom is 0.208 e. The van der Waals surface area contributed by atoms with Gasteiger partial charge in [-0.3, -0.25) is 4.90 Å². The number of likely N-dealkylation sites (N-methyl/N-ethyl adjacent to an activating group) is 1. The molecule has 2 aromatic carbocycles. The van der Waals surface area contributed by atoms with Gasteiger partial charge in [-0.2, -0.15) is 0 Å². The third-order valence-electron chi connectivity index (χ3n) is 9.33. The molecule has 0 radical (unpaired) electrons. The number of fused-ring (bicyclic) bond motifs is 2. The van der Waals surface area contributed by atoms with Gasteiger partial charge in [0.05, 0.1) is 16.4 Å². The molecule has 1 aliphatic carbocycles. The quantitative estimate of drug-likeness (QED) is 0.290. The molecule has 10 heteroatoms. The SMILES string of the molecule is Cc1cc(F)cc2nc(Nc3ccc(-c4cn([C@H]5CC[C@H](N6CCN(C)CC6)CC5)c5ncnc(N)c45)cc3)n(C)c12. The molecule has 2 aliphatic rings. The van der Waals surface area contributed by atoms with Gasteiger partial charge < -0.3 is 25.1 Å². The second-order valence-corrected chi connectivity index (χ2v) is 12.0. The summed E-state index contributed by atoms with van der Waals surface area (Å²) in [6, 6.07) is 12.3. The van der Waals surface area contributed by atoms with Gasteiger partial charge in [0, 0.05) is 68.8 Å². The molecule has 3 aromatic heterocycles. The van der Waals surface area contributed by atoms with Crippen LogP contribution in [0.2, 0.25) is 0 Å².